The number of hydrogen-bond donors (Lipinski definition) is 2. The number of halogens is 1. The van der Waals surface area contributed by atoms with Crippen LogP contribution in [0, 0.1) is 19.7 Å². The molecule has 5 nitrogen and oxygen atoms in total. The van der Waals surface area contributed by atoms with Crippen molar-refractivity contribution in [1.82, 2.24) is 10.0 Å². The van der Waals surface area contributed by atoms with Gasteiger partial charge in [-0.15, -0.1) is 0 Å². The Bertz CT molecular complexity index is 866. The maximum absolute atomic E-state index is 13.5. The quantitative estimate of drug-likeness (QED) is 0.790. The van der Waals surface area contributed by atoms with Gasteiger partial charge in [-0.1, -0.05) is 35.9 Å². The van der Waals surface area contributed by atoms with Crippen LogP contribution >= 0.6 is 0 Å². The SMILES string of the molecule is Cc1ccc(S(=O)(=O)NCC(=O)NCCc2ccccc2F)c(C)c1. The molecule has 0 atom stereocenters. The number of hydrogen-bond acceptors (Lipinski definition) is 3. The molecule has 0 fully saturated rings. The lowest BCUT2D eigenvalue weighted by Crippen LogP contribution is -2.37. The van der Waals surface area contributed by atoms with Gasteiger partial charge >= 0.3 is 0 Å². The summed E-state index contributed by atoms with van der Waals surface area (Å²) in [5.41, 5.74) is 2.08. The van der Waals surface area contributed by atoms with Gasteiger partial charge in [0, 0.05) is 6.54 Å². The van der Waals surface area contributed by atoms with E-state index in [1.165, 1.54) is 12.1 Å². The molecule has 2 rings (SSSR count). The van der Waals surface area contributed by atoms with E-state index in [1.807, 2.05) is 6.92 Å². The topological polar surface area (TPSA) is 75.3 Å². The highest BCUT2D eigenvalue weighted by Gasteiger charge is 2.17. The van der Waals surface area contributed by atoms with Crippen molar-refractivity contribution in [2.24, 2.45) is 0 Å². The molecule has 25 heavy (non-hydrogen) atoms. The molecule has 7 heteroatoms. The second kappa shape index (κ2) is 8.22. The van der Waals surface area contributed by atoms with E-state index in [1.54, 1.807) is 37.3 Å². The molecule has 2 aromatic rings. The normalized spacial score (nSPS) is 11.3. The van der Waals surface area contributed by atoms with Crippen LogP contribution in [0.3, 0.4) is 0 Å². The first-order valence-corrected chi connectivity index (χ1v) is 9.35. The first-order valence-electron chi connectivity index (χ1n) is 7.86. The van der Waals surface area contributed by atoms with Gasteiger partial charge in [-0.2, -0.15) is 0 Å². The summed E-state index contributed by atoms with van der Waals surface area (Å²) in [6, 6.07) is 11.3. The second-order valence-electron chi connectivity index (χ2n) is 5.78. The number of amides is 1. The molecule has 0 aliphatic carbocycles. The van der Waals surface area contributed by atoms with Crippen molar-refractivity contribution in [3.8, 4) is 0 Å². The van der Waals surface area contributed by atoms with Crippen LogP contribution in [0.1, 0.15) is 16.7 Å². The average molecular weight is 364 g/mol. The van der Waals surface area contributed by atoms with Crippen LogP contribution < -0.4 is 10.0 Å². The number of aryl methyl sites for hydroxylation is 2. The van der Waals surface area contributed by atoms with Crippen molar-refractivity contribution in [2.45, 2.75) is 25.2 Å². The van der Waals surface area contributed by atoms with Gasteiger partial charge in [0.15, 0.2) is 0 Å². The molecule has 0 saturated carbocycles. The summed E-state index contributed by atoms with van der Waals surface area (Å²) in [4.78, 5) is 12.0. The van der Waals surface area contributed by atoms with Gasteiger partial charge in [-0.25, -0.2) is 17.5 Å². The Morgan fingerprint density at radius 1 is 1.12 bits per heavy atom. The fourth-order valence-corrected chi connectivity index (χ4v) is 3.65. The summed E-state index contributed by atoms with van der Waals surface area (Å²) in [6.07, 6.45) is 0.336. The van der Waals surface area contributed by atoms with Gasteiger partial charge in [0.25, 0.3) is 0 Å². The van der Waals surface area contributed by atoms with Crippen LogP contribution in [-0.2, 0) is 21.2 Å². The molecule has 0 aromatic heterocycles. The second-order valence-corrected chi connectivity index (χ2v) is 7.52. The first-order chi connectivity index (χ1) is 11.8. The van der Waals surface area contributed by atoms with Crippen LogP contribution in [-0.4, -0.2) is 27.4 Å². The van der Waals surface area contributed by atoms with E-state index in [0.29, 0.717) is 17.5 Å². The highest BCUT2D eigenvalue weighted by Crippen LogP contribution is 2.15. The zero-order valence-electron chi connectivity index (χ0n) is 14.2. The van der Waals surface area contributed by atoms with Crippen LogP contribution in [0.2, 0.25) is 0 Å². The highest BCUT2D eigenvalue weighted by atomic mass is 32.2. The highest BCUT2D eigenvalue weighted by molar-refractivity contribution is 7.89. The van der Waals surface area contributed by atoms with Crippen molar-refractivity contribution in [3.05, 3.63) is 65.0 Å². The van der Waals surface area contributed by atoms with E-state index >= 15 is 0 Å². The fourth-order valence-electron chi connectivity index (χ4n) is 2.44. The van der Waals surface area contributed by atoms with Gasteiger partial charge in [0.05, 0.1) is 11.4 Å². The average Bonchev–Trinajstić information content (AvgIpc) is 2.54. The molecule has 0 saturated heterocycles. The lowest BCUT2D eigenvalue weighted by Gasteiger charge is -2.10. The molecule has 0 heterocycles. The fraction of sp³-hybridized carbons (Fsp3) is 0.278. The standard InChI is InChI=1S/C18H21FN2O3S/c1-13-7-8-17(14(2)11-13)25(23,24)21-12-18(22)20-10-9-15-5-3-4-6-16(15)19/h3-8,11,21H,9-10,12H2,1-2H3,(H,20,22). The maximum atomic E-state index is 13.5. The van der Waals surface area contributed by atoms with Crippen LogP contribution in [0.5, 0.6) is 0 Å². The summed E-state index contributed by atoms with van der Waals surface area (Å²) >= 11 is 0. The Balaban J connectivity index is 1.86. The van der Waals surface area contributed by atoms with E-state index < -0.39 is 15.9 Å². The van der Waals surface area contributed by atoms with E-state index in [4.69, 9.17) is 0 Å². The Morgan fingerprint density at radius 3 is 2.52 bits per heavy atom. The van der Waals surface area contributed by atoms with E-state index in [2.05, 4.69) is 10.0 Å². The number of benzene rings is 2. The molecule has 0 bridgehead atoms. The first kappa shape index (κ1) is 19.1. The van der Waals surface area contributed by atoms with Crippen molar-refractivity contribution in [3.63, 3.8) is 0 Å². The third kappa shape index (κ3) is 5.37. The van der Waals surface area contributed by atoms with Crippen LogP contribution in [0.25, 0.3) is 0 Å². The van der Waals surface area contributed by atoms with Crippen molar-refractivity contribution in [2.75, 3.05) is 13.1 Å². The smallest absolute Gasteiger partial charge is 0.241 e. The molecule has 2 aromatic carbocycles. The van der Waals surface area contributed by atoms with Crippen LogP contribution in [0.4, 0.5) is 4.39 Å². The zero-order chi connectivity index (χ0) is 18.4. The minimum atomic E-state index is -3.76. The number of carbonyl (C=O) groups excluding carboxylic acids is 1. The van der Waals surface area contributed by atoms with Gasteiger partial charge in [-0.3, -0.25) is 4.79 Å². The maximum Gasteiger partial charge on any atom is 0.241 e. The van der Waals surface area contributed by atoms with Crippen LogP contribution in [0.15, 0.2) is 47.4 Å². The molecule has 0 aliphatic rings. The molecular weight excluding hydrogens is 343 g/mol. The van der Waals surface area contributed by atoms with E-state index in [9.17, 15) is 17.6 Å². The lowest BCUT2D eigenvalue weighted by molar-refractivity contribution is -0.119. The predicted octanol–water partition coefficient (Wildman–Crippen LogP) is 2.08. The minimum Gasteiger partial charge on any atom is -0.355 e. The summed E-state index contributed by atoms with van der Waals surface area (Å²) in [6.45, 7) is 3.44. The number of sulfonamides is 1. The summed E-state index contributed by atoms with van der Waals surface area (Å²) in [5, 5.41) is 2.57. The monoisotopic (exact) mass is 364 g/mol. The molecule has 134 valence electrons. The molecule has 0 aliphatic heterocycles. The lowest BCUT2D eigenvalue weighted by atomic mass is 10.1. The molecule has 1 amide bonds. The Labute approximate surface area is 147 Å². The largest absolute Gasteiger partial charge is 0.355 e. The van der Waals surface area contributed by atoms with Gasteiger partial charge in [0.2, 0.25) is 15.9 Å². The molecule has 0 spiro atoms. The van der Waals surface area contributed by atoms with Crippen molar-refractivity contribution >= 4 is 15.9 Å². The number of nitrogens with one attached hydrogen (secondary N) is 2. The van der Waals surface area contributed by atoms with Crippen molar-refractivity contribution < 1.29 is 17.6 Å². The Morgan fingerprint density at radius 2 is 1.84 bits per heavy atom. The minimum absolute atomic E-state index is 0.150. The predicted molar refractivity (Wildman–Crippen MR) is 94.2 cm³/mol. The third-order valence-electron chi connectivity index (χ3n) is 3.72. The van der Waals surface area contributed by atoms with E-state index in [-0.39, 0.29) is 23.8 Å². The summed E-state index contributed by atoms with van der Waals surface area (Å²) in [7, 11) is -3.76. The van der Waals surface area contributed by atoms with Gasteiger partial charge < -0.3 is 5.32 Å². The van der Waals surface area contributed by atoms with Gasteiger partial charge in [0.1, 0.15) is 5.82 Å². The Hall–Kier alpha value is -2.25. The third-order valence-corrected chi connectivity index (χ3v) is 5.28. The molecule has 0 unspecified atom stereocenters. The van der Waals surface area contributed by atoms with Gasteiger partial charge in [-0.05, 0) is 43.5 Å². The molecule has 0 radical (unpaired) electrons. The van der Waals surface area contributed by atoms with Crippen molar-refractivity contribution in [1.29, 1.82) is 0 Å². The summed E-state index contributed by atoms with van der Waals surface area (Å²) < 4.78 is 40.3. The molecular formula is C18H21FN2O3S. The Kier molecular flexibility index (Phi) is 6.27. The zero-order valence-corrected chi connectivity index (χ0v) is 15.0. The molecule has 2 N–H and O–H groups in total. The number of carbonyl (C=O) groups is 1. The number of rotatable bonds is 7. The van der Waals surface area contributed by atoms with E-state index in [0.717, 1.165) is 5.56 Å². The summed E-state index contributed by atoms with van der Waals surface area (Å²) in [5.74, 6) is -0.794.